The van der Waals surface area contributed by atoms with E-state index in [2.05, 4.69) is 36.1 Å². The second kappa shape index (κ2) is 5.54. The number of likely N-dealkylation sites (tertiary alicyclic amines) is 1. The second-order valence-corrected chi connectivity index (χ2v) is 6.09. The van der Waals surface area contributed by atoms with Crippen LogP contribution in [-0.4, -0.2) is 30.1 Å². The molecule has 1 fully saturated rings. The standard InChI is InChI=1S/C17H25NO/c1-2-3-12-18-13-10-17(11-14-18)9-8-15-6-4-5-7-16(15)19-17/h4-7H,2-3,8-14H2,1H3. The van der Waals surface area contributed by atoms with Crippen LogP contribution in [0.25, 0.3) is 0 Å². The van der Waals surface area contributed by atoms with Gasteiger partial charge in [-0.05, 0) is 50.3 Å². The van der Waals surface area contributed by atoms with Crippen molar-refractivity contribution in [3.63, 3.8) is 0 Å². The number of unbranched alkanes of at least 4 members (excludes halogenated alkanes) is 1. The van der Waals surface area contributed by atoms with Gasteiger partial charge in [0.25, 0.3) is 0 Å². The molecule has 0 unspecified atom stereocenters. The molecule has 0 atom stereocenters. The summed E-state index contributed by atoms with van der Waals surface area (Å²) >= 11 is 0. The SMILES string of the molecule is CCCCN1CCC2(CCc3ccccc3O2)CC1. The number of rotatable bonds is 3. The van der Waals surface area contributed by atoms with Crippen LogP contribution >= 0.6 is 0 Å². The van der Waals surface area contributed by atoms with Crippen molar-refractivity contribution in [3.8, 4) is 5.75 Å². The van der Waals surface area contributed by atoms with E-state index in [0.29, 0.717) is 0 Å². The maximum atomic E-state index is 6.39. The third-order valence-corrected chi connectivity index (χ3v) is 4.74. The van der Waals surface area contributed by atoms with E-state index >= 15 is 0 Å². The van der Waals surface area contributed by atoms with Crippen LogP contribution in [-0.2, 0) is 6.42 Å². The fourth-order valence-corrected chi connectivity index (χ4v) is 3.37. The van der Waals surface area contributed by atoms with Crippen LogP contribution in [0.2, 0.25) is 0 Å². The molecule has 2 nitrogen and oxygen atoms in total. The van der Waals surface area contributed by atoms with Crippen molar-refractivity contribution in [1.82, 2.24) is 4.90 Å². The van der Waals surface area contributed by atoms with Crippen molar-refractivity contribution in [1.29, 1.82) is 0 Å². The molecule has 0 bridgehead atoms. The average Bonchev–Trinajstić information content (AvgIpc) is 2.47. The molecule has 0 N–H and O–H groups in total. The predicted octanol–water partition coefficient (Wildman–Crippen LogP) is 3.65. The number of aryl methyl sites for hydroxylation is 1. The molecule has 1 aromatic carbocycles. The number of nitrogens with zero attached hydrogens (tertiary/aromatic N) is 1. The number of hydrogen-bond acceptors (Lipinski definition) is 2. The van der Waals surface area contributed by atoms with Crippen molar-refractivity contribution in [2.45, 2.75) is 51.0 Å². The molecule has 2 heteroatoms. The number of fused-ring (bicyclic) bond motifs is 1. The Morgan fingerprint density at radius 2 is 1.95 bits per heavy atom. The van der Waals surface area contributed by atoms with Gasteiger partial charge in [-0.25, -0.2) is 0 Å². The van der Waals surface area contributed by atoms with Gasteiger partial charge < -0.3 is 9.64 Å². The second-order valence-electron chi connectivity index (χ2n) is 6.09. The first kappa shape index (κ1) is 13.0. The normalized spacial score (nSPS) is 21.9. The third-order valence-electron chi connectivity index (χ3n) is 4.74. The molecule has 0 radical (unpaired) electrons. The summed E-state index contributed by atoms with van der Waals surface area (Å²) in [6.45, 7) is 5.96. The van der Waals surface area contributed by atoms with Crippen molar-refractivity contribution in [2.75, 3.05) is 19.6 Å². The summed E-state index contributed by atoms with van der Waals surface area (Å²) < 4.78 is 6.39. The number of piperidine rings is 1. The van der Waals surface area contributed by atoms with Gasteiger partial charge in [-0.1, -0.05) is 31.5 Å². The van der Waals surface area contributed by atoms with Gasteiger partial charge in [0.05, 0.1) is 0 Å². The van der Waals surface area contributed by atoms with E-state index in [9.17, 15) is 0 Å². The molecule has 104 valence electrons. The number of benzene rings is 1. The molecule has 2 aliphatic rings. The van der Waals surface area contributed by atoms with Crippen molar-refractivity contribution in [3.05, 3.63) is 29.8 Å². The zero-order valence-electron chi connectivity index (χ0n) is 12.0. The summed E-state index contributed by atoms with van der Waals surface area (Å²) in [5.74, 6) is 1.13. The van der Waals surface area contributed by atoms with Gasteiger partial charge >= 0.3 is 0 Å². The molecule has 1 saturated heterocycles. The molecule has 0 aromatic heterocycles. The summed E-state index contributed by atoms with van der Waals surface area (Å²) in [5.41, 5.74) is 1.53. The predicted molar refractivity (Wildman–Crippen MR) is 78.7 cm³/mol. The topological polar surface area (TPSA) is 12.5 Å². The van der Waals surface area contributed by atoms with Crippen molar-refractivity contribution < 1.29 is 4.74 Å². The van der Waals surface area contributed by atoms with Crippen molar-refractivity contribution >= 4 is 0 Å². The number of ether oxygens (including phenoxy) is 1. The van der Waals surface area contributed by atoms with Gasteiger partial charge in [0.15, 0.2) is 0 Å². The average molecular weight is 259 g/mol. The van der Waals surface area contributed by atoms with E-state index in [1.807, 2.05) is 0 Å². The van der Waals surface area contributed by atoms with Gasteiger partial charge in [-0.3, -0.25) is 0 Å². The maximum Gasteiger partial charge on any atom is 0.123 e. The monoisotopic (exact) mass is 259 g/mol. The summed E-state index contributed by atoms with van der Waals surface area (Å²) in [6.07, 6.45) is 7.41. The molecular formula is C17H25NO. The van der Waals surface area contributed by atoms with E-state index in [1.54, 1.807) is 0 Å². The van der Waals surface area contributed by atoms with Gasteiger partial charge in [-0.15, -0.1) is 0 Å². The van der Waals surface area contributed by atoms with E-state index in [4.69, 9.17) is 4.74 Å². The lowest BCUT2D eigenvalue weighted by atomic mass is 9.83. The van der Waals surface area contributed by atoms with Gasteiger partial charge in [0, 0.05) is 13.1 Å². The molecule has 1 spiro atoms. The molecule has 1 aromatic rings. The Morgan fingerprint density at radius 3 is 2.74 bits per heavy atom. The van der Waals surface area contributed by atoms with E-state index in [-0.39, 0.29) is 5.60 Å². The lowest BCUT2D eigenvalue weighted by Gasteiger charge is -2.44. The quantitative estimate of drug-likeness (QED) is 0.821. The molecular weight excluding hydrogens is 234 g/mol. The first-order valence-electron chi connectivity index (χ1n) is 7.81. The maximum absolute atomic E-state index is 6.39. The van der Waals surface area contributed by atoms with E-state index in [0.717, 1.165) is 5.75 Å². The first-order chi connectivity index (χ1) is 9.31. The molecule has 0 amide bonds. The minimum absolute atomic E-state index is 0.136. The highest BCUT2D eigenvalue weighted by atomic mass is 16.5. The van der Waals surface area contributed by atoms with Crippen LogP contribution < -0.4 is 4.74 Å². The van der Waals surface area contributed by atoms with Crippen LogP contribution in [0.1, 0.15) is 44.6 Å². The minimum atomic E-state index is 0.136. The van der Waals surface area contributed by atoms with Crippen LogP contribution in [0.3, 0.4) is 0 Å². The Hall–Kier alpha value is -1.02. The smallest absolute Gasteiger partial charge is 0.123 e. The lowest BCUT2D eigenvalue weighted by Crippen LogP contribution is -2.49. The van der Waals surface area contributed by atoms with Crippen LogP contribution in [0, 0.1) is 0 Å². The first-order valence-corrected chi connectivity index (χ1v) is 7.81. The largest absolute Gasteiger partial charge is 0.487 e. The molecule has 0 saturated carbocycles. The Morgan fingerprint density at radius 1 is 1.16 bits per heavy atom. The third kappa shape index (κ3) is 2.79. The highest BCUT2D eigenvalue weighted by molar-refractivity contribution is 5.36. The molecule has 0 aliphatic carbocycles. The van der Waals surface area contributed by atoms with E-state index < -0.39 is 0 Å². The fraction of sp³-hybridized carbons (Fsp3) is 0.647. The molecule has 19 heavy (non-hydrogen) atoms. The number of para-hydroxylation sites is 1. The van der Waals surface area contributed by atoms with Crippen LogP contribution in [0.4, 0.5) is 0 Å². The van der Waals surface area contributed by atoms with Gasteiger partial charge in [0.1, 0.15) is 11.4 Å². The lowest BCUT2D eigenvalue weighted by molar-refractivity contribution is -0.0146. The van der Waals surface area contributed by atoms with Crippen LogP contribution in [0.5, 0.6) is 5.75 Å². The molecule has 2 heterocycles. The van der Waals surface area contributed by atoms with Crippen molar-refractivity contribution in [2.24, 2.45) is 0 Å². The fourth-order valence-electron chi connectivity index (χ4n) is 3.37. The Balaban J connectivity index is 1.62. The Labute approximate surface area is 116 Å². The summed E-state index contributed by atoms with van der Waals surface area (Å²) in [4.78, 5) is 2.61. The van der Waals surface area contributed by atoms with Crippen LogP contribution in [0.15, 0.2) is 24.3 Å². The highest BCUT2D eigenvalue weighted by Crippen LogP contribution is 2.39. The Kier molecular flexibility index (Phi) is 3.79. The zero-order chi connectivity index (χ0) is 13.1. The highest BCUT2D eigenvalue weighted by Gasteiger charge is 2.38. The summed E-state index contributed by atoms with van der Waals surface area (Å²) in [5, 5.41) is 0. The van der Waals surface area contributed by atoms with E-state index in [1.165, 1.54) is 63.7 Å². The van der Waals surface area contributed by atoms with Gasteiger partial charge in [0.2, 0.25) is 0 Å². The zero-order valence-corrected chi connectivity index (χ0v) is 12.0. The summed E-state index contributed by atoms with van der Waals surface area (Å²) in [7, 11) is 0. The molecule has 3 rings (SSSR count). The van der Waals surface area contributed by atoms with Gasteiger partial charge in [-0.2, -0.15) is 0 Å². The molecule has 2 aliphatic heterocycles. The summed E-state index contributed by atoms with van der Waals surface area (Å²) in [6, 6.07) is 8.56. The minimum Gasteiger partial charge on any atom is -0.487 e. The Bertz CT molecular complexity index is 421. The number of hydrogen-bond donors (Lipinski definition) is 0.